The van der Waals surface area contributed by atoms with E-state index in [0.29, 0.717) is 0 Å². The van der Waals surface area contributed by atoms with Crippen LogP contribution in [-0.4, -0.2) is 11.9 Å². The van der Waals surface area contributed by atoms with Crippen molar-refractivity contribution in [1.29, 1.82) is 0 Å². The summed E-state index contributed by atoms with van der Waals surface area (Å²) < 4.78 is 0. The maximum atomic E-state index is 10.2. The highest BCUT2D eigenvalue weighted by Gasteiger charge is 1.95. The van der Waals surface area contributed by atoms with Crippen molar-refractivity contribution in [3.63, 3.8) is 0 Å². The van der Waals surface area contributed by atoms with Crippen LogP contribution in [0.4, 0.5) is 0 Å². The minimum atomic E-state index is -0.905. The molecule has 0 fully saturated rings. The summed E-state index contributed by atoms with van der Waals surface area (Å²) in [4.78, 5) is 20.4. The van der Waals surface area contributed by atoms with E-state index < -0.39 is 11.9 Å². The van der Waals surface area contributed by atoms with Crippen LogP contribution in [0, 0.1) is 0 Å². The van der Waals surface area contributed by atoms with Crippen molar-refractivity contribution >= 4 is 11.9 Å². The summed E-state index contributed by atoms with van der Waals surface area (Å²) in [5.74, 6) is -1.81. The number of unbranched alkanes of at least 4 members (excludes halogenated alkanes) is 26. The van der Waals surface area contributed by atoms with Crippen LogP contribution in [0.15, 0.2) is 0 Å². The van der Waals surface area contributed by atoms with Gasteiger partial charge in [0.1, 0.15) is 0 Å². The first-order valence-corrected chi connectivity index (χ1v) is 16.9. The molecule has 0 aromatic carbocycles. The largest absolute Gasteiger partial charge is 0.550 e. The van der Waals surface area contributed by atoms with Crippen molar-refractivity contribution in [3.05, 3.63) is 0 Å². The van der Waals surface area contributed by atoms with E-state index in [1.165, 1.54) is 154 Å². The molecule has 0 radical (unpaired) electrons. The smallest absolute Gasteiger partial charge is 0.0414 e. The van der Waals surface area contributed by atoms with Crippen molar-refractivity contribution in [2.75, 3.05) is 0 Å². The van der Waals surface area contributed by atoms with Gasteiger partial charge < -0.3 is 19.8 Å². The molecule has 0 amide bonds. The Morgan fingerprint density at radius 2 is 0.474 bits per heavy atom. The van der Waals surface area contributed by atoms with E-state index in [1.807, 2.05) is 0 Å². The SMILES string of the molecule is CCCCCCCCCCCCCCCC(=O)[O-].CCCCCCCCCCCCCCCCCC(=O)[O-]. The van der Waals surface area contributed by atoms with Crippen LogP contribution in [0.1, 0.15) is 206 Å². The predicted molar refractivity (Wildman–Crippen MR) is 160 cm³/mol. The molecular formula is C34H66O4-2. The summed E-state index contributed by atoms with van der Waals surface area (Å²) >= 11 is 0. The Kier molecular flexibility index (Phi) is 37.0. The summed E-state index contributed by atoms with van der Waals surface area (Å²) in [7, 11) is 0. The molecule has 0 aromatic rings. The zero-order valence-corrected chi connectivity index (χ0v) is 25.8. The summed E-state index contributed by atoms with van der Waals surface area (Å²) in [6.45, 7) is 4.52. The second kappa shape index (κ2) is 35.9. The summed E-state index contributed by atoms with van der Waals surface area (Å²) in [6.07, 6.45) is 36.8. The zero-order chi connectivity index (χ0) is 28.4. The Labute approximate surface area is 238 Å². The van der Waals surface area contributed by atoms with E-state index >= 15 is 0 Å². The molecule has 0 aliphatic heterocycles. The molecule has 0 unspecified atom stereocenters. The molecular weight excluding hydrogens is 472 g/mol. The average Bonchev–Trinajstić information content (AvgIpc) is 2.89. The van der Waals surface area contributed by atoms with Gasteiger partial charge in [0.15, 0.2) is 0 Å². The monoisotopic (exact) mass is 538 g/mol. The molecule has 0 bridgehead atoms. The highest BCUT2D eigenvalue weighted by atomic mass is 16.4. The van der Waals surface area contributed by atoms with Gasteiger partial charge in [0.05, 0.1) is 0 Å². The third-order valence-electron chi connectivity index (χ3n) is 7.47. The van der Waals surface area contributed by atoms with Gasteiger partial charge in [0, 0.05) is 11.9 Å². The predicted octanol–water partition coefficient (Wildman–Crippen LogP) is 9.22. The number of hydrogen-bond donors (Lipinski definition) is 0. The van der Waals surface area contributed by atoms with Crippen molar-refractivity contribution in [3.8, 4) is 0 Å². The van der Waals surface area contributed by atoms with Gasteiger partial charge in [-0.15, -0.1) is 0 Å². The van der Waals surface area contributed by atoms with E-state index in [1.54, 1.807) is 0 Å². The van der Waals surface area contributed by atoms with Gasteiger partial charge >= 0.3 is 0 Å². The normalized spacial score (nSPS) is 10.8. The first kappa shape index (κ1) is 39.1. The lowest BCUT2D eigenvalue weighted by Gasteiger charge is -2.04. The van der Waals surface area contributed by atoms with E-state index in [4.69, 9.17) is 0 Å². The van der Waals surface area contributed by atoms with Crippen molar-refractivity contribution < 1.29 is 19.8 Å². The highest BCUT2D eigenvalue weighted by Crippen LogP contribution is 2.14. The summed E-state index contributed by atoms with van der Waals surface area (Å²) in [6, 6.07) is 0. The molecule has 0 saturated heterocycles. The molecule has 0 N–H and O–H groups in total. The van der Waals surface area contributed by atoms with Gasteiger partial charge in [0.25, 0.3) is 0 Å². The molecule has 4 heteroatoms. The number of aliphatic carboxylic acids is 2. The summed E-state index contributed by atoms with van der Waals surface area (Å²) in [5, 5.41) is 20.4. The molecule has 0 saturated carbocycles. The lowest BCUT2D eigenvalue weighted by molar-refractivity contribution is -0.307. The Hall–Kier alpha value is -1.06. The molecule has 0 aromatic heterocycles. The molecule has 0 spiro atoms. The van der Waals surface area contributed by atoms with E-state index in [2.05, 4.69) is 13.8 Å². The molecule has 0 atom stereocenters. The molecule has 0 rings (SSSR count). The van der Waals surface area contributed by atoms with Crippen LogP contribution in [0.2, 0.25) is 0 Å². The van der Waals surface area contributed by atoms with Gasteiger partial charge in [-0.25, -0.2) is 0 Å². The summed E-state index contributed by atoms with van der Waals surface area (Å²) in [5.41, 5.74) is 0. The number of rotatable bonds is 30. The van der Waals surface area contributed by atoms with Gasteiger partial charge in [-0.05, 0) is 25.7 Å². The molecule has 38 heavy (non-hydrogen) atoms. The number of hydrogen-bond acceptors (Lipinski definition) is 4. The van der Waals surface area contributed by atoms with Crippen molar-refractivity contribution in [2.24, 2.45) is 0 Å². The third kappa shape index (κ3) is 42.0. The first-order chi connectivity index (χ1) is 18.5. The topological polar surface area (TPSA) is 80.3 Å². The van der Waals surface area contributed by atoms with E-state index in [9.17, 15) is 19.8 Å². The van der Waals surface area contributed by atoms with Gasteiger partial charge in [-0.1, -0.05) is 181 Å². The second-order valence-electron chi connectivity index (χ2n) is 11.4. The Morgan fingerprint density at radius 3 is 0.632 bits per heavy atom. The molecule has 0 aliphatic rings. The fraction of sp³-hybridized carbons (Fsp3) is 0.941. The minimum absolute atomic E-state index is 0.234. The van der Waals surface area contributed by atoms with Crippen LogP contribution in [-0.2, 0) is 9.59 Å². The number of carbonyl (C=O) groups excluding carboxylic acids is 2. The number of carbonyl (C=O) groups is 2. The minimum Gasteiger partial charge on any atom is -0.550 e. The Balaban J connectivity index is 0. The standard InChI is InChI=1S/C18H36O2.C16H32O2/c1-2-3-4-5-6-7-8-9-10-11-12-13-14-15-16-17-18(19)20;1-2-3-4-5-6-7-8-9-10-11-12-13-14-15-16(17)18/h2-17H2,1H3,(H,19,20);2-15H2,1H3,(H,17,18)/p-2. The van der Waals surface area contributed by atoms with Crippen LogP contribution < -0.4 is 10.2 Å². The van der Waals surface area contributed by atoms with Crippen LogP contribution in [0.3, 0.4) is 0 Å². The maximum absolute atomic E-state index is 10.2. The quantitative estimate of drug-likeness (QED) is 0.0853. The van der Waals surface area contributed by atoms with E-state index in [0.717, 1.165) is 25.7 Å². The van der Waals surface area contributed by atoms with Crippen LogP contribution >= 0.6 is 0 Å². The lowest BCUT2D eigenvalue weighted by atomic mass is 10.0. The van der Waals surface area contributed by atoms with Crippen LogP contribution in [0.25, 0.3) is 0 Å². The second-order valence-corrected chi connectivity index (χ2v) is 11.4. The highest BCUT2D eigenvalue weighted by molar-refractivity contribution is 5.64. The van der Waals surface area contributed by atoms with E-state index in [-0.39, 0.29) is 12.8 Å². The Bertz CT molecular complexity index is 463. The van der Waals surface area contributed by atoms with Gasteiger partial charge in [0.2, 0.25) is 0 Å². The molecule has 4 nitrogen and oxygen atoms in total. The fourth-order valence-electron chi connectivity index (χ4n) is 4.93. The zero-order valence-electron chi connectivity index (χ0n) is 25.8. The van der Waals surface area contributed by atoms with Crippen molar-refractivity contribution in [2.45, 2.75) is 206 Å². The maximum Gasteiger partial charge on any atom is 0.0414 e. The fourth-order valence-corrected chi connectivity index (χ4v) is 4.93. The van der Waals surface area contributed by atoms with Crippen molar-refractivity contribution in [1.82, 2.24) is 0 Å². The third-order valence-corrected chi connectivity index (χ3v) is 7.47. The average molecular weight is 539 g/mol. The lowest BCUT2D eigenvalue weighted by Crippen LogP contribution is -2.21. The number of carboxylic acid groups (broad SMARTS) is 2. The molecule has 0 heterocycles. The van der Waals surface area contributed by atoms with Gasteiger partial charge in [-0.2, -0.15) is 0 Å². The first-order valence-electron chi connectivity index (χ1n) is 16.9. The molecule has 228 valence electrons. The number of carboxylic acids is 2. The Morgan fingerprint density at radius 1 is 0.316 bits per heavy atom. The molecule has 0 aliphatic carbocycles. The van der Waals surface area contributed by atoms with Crippen LogP contribution in [0.5, 0.6) is 0 Å². The van der Waals surface area contributed by atoms with Gasteiger partial charge in [-0.3, -0.25) is 0 Å².